The number of piperidine rings is 1. The van der Waals surface area contributed by atoms with Gasteiger partial charge in [-0.1, -0.05) is 0 Å². The minimum atomic E-state index is -0.185. The molecule has 1 saturated heterocycles. The van der Waals surface area contributed by atoms with Crippen molar-refractivity contribution in [2.24, 2.45) is 0 Å². The Morgan fingerprint density at radius 1 is 0.900 bits per heavy atom. The quantitative estimate of drug-likeness (QED) is 0.768. The van der Waals surface area contributed by atoms with Crippen LogP contribution < -0.4 is 15.5 Å². The van der Waals surface area contributed by atoms with Crippen LogP contribution >= 0.6 is 0 Å². The molecule has 0 spiro atoms. The van der Waals surface area contributed by atoms with E-state index < -0.39 is 0 Å². The van der Waals surface area contributed by atoms with E-state index in [2.05, 4.69) is 10.6 Å². The molecule has 1 aliphatic rings. The topological polar surface area (TPSA) is 81.8 Å². The molecule has 0 aromatic heterocycles. The average molecular weight is 409 g/mol. The Kier molecular flexibility index (Phi) is 7.06. The van der Waals surface area contributed by atoms with Crippen molar-refractivity contribution < 1.29 is 14.4 Å². The van der Waals surface area contributed by atoms with Crippen LogP contribution in [0.25, 0.3) is 0 Å². The molecule has 2 aromatic carbocycles. The van der Waals surface area contributed by atoms with E-state index >= 15 is 0 Å². The van der Waals surface area contributed by atoms with Crippen LogP contribution in [0, 0.1) is 0 Å². The van der Waals surface area contributed by atoms with Gasteiger partial charge in [0, 0.05) is 49.7 Å². The molecular formula is C23H28N4O3. The van der Waals surface area contributed by atoms with Gasteiger partial charge in [-0.25, -0.2) is 0 Å². The molecule has 0 unspecified atom stereocenters. The summed E-state index contributed by atoms with van der Waals surface area (Å²) >= 11 is 0. The van der Waals surface area contributed by atoms with Crippen molar-refractivity contribution in [1.82, 2.24) is 4.90 Å². The van der Waals surface area contributed by atoms with Gasteiger partial charge in [0.05, 0.1) is 6.54 Å². The number of likely N-dealkylation sites (tertiary alicyclic amines) is 1. The van der Waals surface area contributed by atoms with Crippen LogP contribution in [0.2, 0.25) is 0 Å². The van der Waals surface area contributed by atoms with Gasteiger partial charge in [-0.15, -0.1) is 0 Å². The van der Waals surface area contributed by atoms with E-state index in [0.29, 0.717) is 11.3 Å². The average Bonchev–Trinajstić information content (AvgIpc) is 2.78. The maximum Gasteiger partial charge on any atom is 0.253 e. The van der Waals surface area contributed by atoms with Gasteiger partial charge in [0.15, 0.2) is 0 Å². The summed E-state index contributed by atoms with van der Waals surface area (Å²) in [7, 11) is 1.71. The molecule has 0 aliphatic carbocycles. The summed E-state index contributed by atoms with van der Waals surface area (Å²) in [5, 5.41) is 5.88. The third kappa shape index (κ3) is 5.59. The fourth-order valence-corrected chi connectivity index (χ4v) is 3.35. The number of nitrogens with zero attached hydrogens (tertiary/aromatic N) is 2. The molecule has 0 bridgehead atoms. The number of carbonyl (C=O) groups is 3. The van der Waals surface area contributed by atoms with E-state index in [9.17, 15) is 14.4 Å². The second-order valence-corrected chi connectivity index (χ2v) is 7.46. The van der Waals surface area contributed by atoms with Crippen molar-refractivity contribution in [2.45, 2.75) is 26.2 Å². The first kappa shape index (κ1) is 21.4. The first-order valence-corrected chi connectivity index (χ1v) is 10.2. The van der Waals surface area contributed by atoms with E-state index in [0.717, 1.165) is 37.3 Å². The van der Waals surface area contributed by atoms with Crippen LogP contribution in [-0.4, -0.2) is 49.3 Å². The number of amides is 3. The van der Waals surface area contributed by atoms with Gasteiger partial charge in [0.25, 0.3) is 5.91 Å². The molecule has 0 radical (unpaired) electrons. The molecule has 3 amide bonds. The van der Waals surface area contributed by atoms with Crippen molar-refractivity contribution in [2.75, 3.05) is 42.2 Å². The molecule has 1 aliphatic heterocycles. The lowest BCUT2D eigenvalue weighted by atomic mass is 10.1. The van der Waals surface area contributed by atoms with Gasteiger partial charge in [-0.05, 0) is 67.8 Å². The smallest absolute Gasteiger partial charge is 0.253 e. The summed E-state index contributed by atoms with van der Waals surface area (Å²) in [6.45, 7) is 3.24. The van der Waals surface area contributed by atoms with Crippen LogP contribution in [0.5, 0.6) is 0 Å². The second-order valence-electron chi connectivity index (χ2n) is 7.46. The van der Waals surface area contributed by atoms with Crippen LogP contribution in [0.1, 0.15) is 36.5 Å². The Hall–Kier alpha value is -3.35. The minimum Gasteiger partial charge on any atom is -0.376 e. The van der Waals surface area contributed by atoms with E-state index in [4.69, 9.17) is 0 Å². The van der Waals surface area contributed by atoms with E-state index in [1.54, 1.807) is 36.2 Å². The van der Waals surface area contributed by atoms with Crippen molar-refractivity contribution in [1.29, 1.82) is 0 Å². The third-order valence-corrected chi connectivity index (χ3v) is 5.24. The SMILES string of the molecule is CC(=O)N(C)c1ccc(NCC(=O)Nc2ccc(C(=O)N3CCCCC3)cc2)cc1. The van der Waals surface area contributed by atoms with Crippen LogP contribution in [0.3, 0.4) is 0 Å². The van der Waals surface area contributed by atoms with Crippen molar-refractivity contribution in [3.05, 3.63) is 54.1 Å². The summed E-state index contributed by atoms with van der Waals surface area (Å²) in [5.41, 5.74) is 2.86. The minimum absolute atomic E-state index is 0.0428. The third-order valence-electron chi connectivity index (χ3n) is 5.24. The molecule has 1 heterocycles. The first-order valence-electron chi connectivity index (χ1n) is 10.2. The zero-order valence-corrected chi connectivity index (χ0v) is 17.5. The van der Waals surface area contributed by atoms with Crippen LogP contribution in [-0.2, 0) is 9.59 Å². The molecule has 158 valence electrons. The fraction of sp³-hybridized carbons (Fsp3) is 0.348. The van der Waals surface area contributed by atoms with E-state index in [1.165, 1.54) is 13.3 Å². The van der Waals surface area contributed by atoms with Crippen molar-refractivity contribution in [3.63, 3.8) is 0 Å². The number of nitrogens with one attached hydrogen (secondary N) is 2. The molecule has 0 saturated carbocycles. The lowest BCUT2D eigenvalue weighted by Gasteiger charge is -2.26. The highest BCUT2D eigenvalue weighted by Gasteiger charge is 2.18. The Morgan fingerprint density at radius 3 is 2.10 bits per heavy atom. The molecule has 2 N–H and O–H groups in total. The summed E-state index contributed by atoms with van der Waals surface area (Å²) in [5.74, 6) is -0.179. The standard InChI is InChI=1S/C23H28N4O3/c1-17(28)26(2)21-12-10-19(11-13-21)24-16-22(29)25-20-8-6-18(7-9-20)23(30)27-14-4-3-5-15-27/h6-13,24H,3-5,14-16H2,1-2H3,(H,25,29). The van der Waals surface area contributed by atoms with Gasteiger partial charge < -0.3 is 20.4 Å². The van der Waals surface area contributed by atoms with Gasteiger partial charge in [0.1, 0.15) is 0 Å². The summed E-state index contributed by atoms with van der Waals surface area (Å²) in [6.07, 6.45) is 3.30. The van der Waals surface area contributed by atoms with Crippen LogP contribution in [0.15, 0.2) is 48.5 Å². The van der Waals surface area contributed by atoms with Crippen LogP contribution in [0.4, 0.5) is 17.1 Å². The number of hydrogen-bond donors (Lipinski definition) is 2. The zero-order chi connectivity index (χ0) is 21.5. The second kappa shape index (κ2) is 9.91. The highest BCUT2D eigenvalue weighted by atomic mass is 16.2. The predicted molar refractivity (Wildman–Crippen MR) is 119 cm³/mol. The van der Waals surface area contributed by atoms with Gasteiger partial charge in [0.2, 0.25) is 11.8 Å². The highest BCUT2D eigenvalue weighted by molar-refractivity contribution is 5.97. The lowest BCUT2D eigenvalue weighted by molar-refractivity contribution is -0.116. The number of hydrogen-bond acceptors (Lipinski definition) is 4. The highest BCUT2D eigenvalue weighted by Crippen LogP contribution is 2.18. The molecular weight excluding hydrogens is 380 g/mol. The summed E-state index contributed by atoms with van der Waals surface area (Å²) < 4.78 is 0. The first-order chi connectivity index (χ1) is 14.4. The van der Waals surface area contributed by atoms with Crippen molar-refractivity contribution >= 4 is 34.8 Å². The maximum atomic E-state index is 12.5. The molecule has 0 atom stereocenters. The van der Waals surface area contributed by atoms with E-state index in [-0.39, 0.29) is 24.3 Å². The van der Waals surface area contributed by atoms with Gasteiger partial charge in [-0.2, -0.15) is 0 Å². The molecule has 7 heteroatoms. The molecule has 7 nitrogen and oxygen atoms in total. The lowest BCUT2D eigenvalue weighted by Crippen LogP contribution is -2.35. The molecule has 3 rings (SSSR count). The Balaban J connectivity index is 1.49. The van der Waals surface area contributed by atoms with Crippen molar-refractivity contribution in [3.8, 4) is 0 Å². The molecule has 1 fully saturated rings. The molecule has 30 heavy (non-hydrogen) atoms. The number of benzene rings is 2. The predicted octanol–water partition coefficient (Wildman–Crippen LogP) is 3.35. The maximum absolute atomic E-state index is 12.5. The summed E-state index contributed by atoms with van der Waals surface area (Å²) in [6, 6.07) is 14.3. The number of anilines is 3. The Morgan fingerprint density at radius 2 is 1.50 bits per heavy atom. The van der Waals surface area contributed by atoms with E-state index in [1.807, 2.05) is 29.2 Å². The summed E-state index contributed by atoms with van der Waals surface area (Å²) in [4.78, 5) is 39.6. The Bertz CT molecular complexity index is 888. The number of carbonyl (C=O) groups excluding carboxylic acids is 3. The largest absolute Gasteiger partial charge is 0.376 e. The van der Waals surface area contributed by atoms with Gasteiger partial charge >= 0.3 is 0 Å². The molecule has 2 aromatic rings. The van der Waals surface area contributed by atoms with Gasteiger partial charge in [-0.3, -0.25) is 14.4 Å². The normalized spacial score (nSPS) is 13.5. The monoisotopic (exact) mass is 408 g/mol. The zero-order valence-electron chi connectivity index (χ0n) is 17.5. The Labute approximate surface area is 177 Å². The fourth-order valence-electron chi connectivity index (χ4n) is 3.35. The number of rotatable bonds is 6.